The molecule has 1 saturated heterocycles. The summed E-state index contributed by atoms with van der Waals surface area (Å²) in [4.78, 5) is 29.1. The van der Waals surface area contributed by atoms with E-state index in [1.807, 2.05) is 14.1 Å². The maximum Gasteiger partial charge on any atom is 0.295 e. The summed E-state index contributed by atoms with van der Waals surface area (Å²) >= 11 is 0. The van der Waals surface area contributed by atoms with Gasteiger partial charge in [0.25, 0.3) is 11.7 Å². The van der Waals surface area contributed by atoms with Gasteiger partial charge in [-0.3, -0.25) is 9.59 Å². The Labute approximate surface area is 205 Å². The average Bonchev–Trinajstić information content (AvgIpc) is 3.10. The summed E-state index contributed by atoms with van der Waals surface area (Å²) in [5, 5.41) is 11.4. The minimum atomic E-state index is -0.843. The monoisotopic (exact) mass is 485 g/mol. The molecule has 1 aliphatic heterocycles. The predicted molar refractivity (Wildman–Crippen MR) is 131 cm³/mol. The second-order valence-corrected chi connectivity index (χ2v) is 8.59. The molecule has 0 saturated carbocycles. The highest BCUT2D eigenvalue weighted by molar-refractivity contribution is 6.46. The van der Waals surface area contributed by atoms with E-state index in [1.165, 1.54) is 26.2 Å². The Hall–Kier alpha value is -3.72. The number of aliphatic hydroxyl groups is 1. The van der Waals surface area contributed by atoms with Crippen molar-refractivity contribution in [1.29, 1.82) is 0 Å². The van der Waals surface area contributed by atoms with Crippen LogP contribution in [0.2, 0.25) is 0 Å². The van der Waals surface area contributed by atoms with E-state index in [0.717, 1.165) is 4.90 Å². The fraction of sp³-hybridized carbons (Fsp3) is 0.385. The van der Waals surface area contributed by atoms with Crippen molar-refractivity contribution in [2.45, 2.75) is 13.0 Å². The lowest BCUT2D eigenvalue weighted by Crippen LogP contribution is -3.06. The van der Waals surface area contributed by atoms with Crippen LogP contribution < -0.4 is 23.8 Å². The second kappa shape index (κ2) is 10.7. The fourth-order valence-electron chi connectivity index (χ4n) is 4.23. The Morgan fingerprint density at radius 3 is 2.09 bits per heavy atom. The molecule has 9 nitrogen and oxygen atoms in total. The number of quaternary nitrogens is 1. The molecular formula is C26H33N2O7+. The Morgan fingerprint density at radius 1 is 0.971 bits per heavy atom. The first-order valence-corrected chi connectivity index (χ1v) is 11.2. The fourth-order valence-corrected chi connectivity index (χ4v) is 4.23. The lowest BCUT2D eigenvalue weighted by molar-refractivity contribution is -0.857. The van der Waals surface area contributed by atoms with Crippen LogP contribution in [0.3, 0.4) is 0 Å². The molecule has 2 aromatic rings. The van der Waals surface area contributed by atoms with Crippen LogP contribution in [0.5, 0.6) is 23.0 Å². The Kier molecular flexibility index (Phi) is 7.91. The van der Waals surface area contributed by atoms with Crippen LogP contribution in [0, 0.1) is 6.92 Å². The smallest absolute Gasteiger partial charge is 0.295 e. The highest BCUT2D eigenvalue weighted by atomic mass is 16.5. The molecule has 1 unspecified atom stereocenters. The molecule has 0 aliphatic carbocycles. The number of nitrogens with zero attached hydrogens (tertiary/aromatic N) is 1. The van der Waals surface area contributed by atoms with E-state index in [2.05, 4.69) is 0 Å². The third-order valence-electron chi connectivity index (χ3n) is 6.08. The highest BCUT2D eigenvalue weighted by Gasteiger charge is 2.46. The van der Waals surface area contributed by atoms with Crippen molar-refractivity contribution in [3.05, 3.63) is 52.6 Å². The zero-order valence-electron chi connectivity index (χ0n) is 21.2. The van der Waals surface area contributed by atoms with Crippen molar-refractivity contribution < 1.29 is 38.5 Å². The van der Waals surface area contributed by atoms with Crippen LogP contribution in [0.15, 0.2) is 35.9 Å². The number of rotatable bonds is 9. The summed E-state index contributed by atoms with van der Waals surface area (Å²) in [5.74, 6) is 0.108. The number of benzene rings is 2. The molecular weight excluding hydrogens is 452 g/mol. The number of Topliss-reactive ketones (excluding diaryl/α,β-unsaturated/α-hetero) is 1. The Morgan fingerprint density at radius 2 is 1.60 bits per heavy atom. The van der Waals surface area contributed by atoms with E-state index in [0.29, 0.717) is 52.8 Å². The molecule has 35 heavy (non-hydrogen) atoms. The quantitative estimate of drug-likeness (QED) is 0.316. The summed E-state index contributed by atoms with van der Waals surface area (Å²) < 4.78 is 21.7. The van der Waals surface area contributed by atoms with E-state index in [-0.39, 0.29) is 11.3 Å². The summed E-state index contributed by atoms with van der Waals surface area (Å²) in [6.45, 7) is 2.72. The number of hydrogen-bond donors (Lipinski definition) is 2. The first kappa shape index (κ1) is 25.9. The number of methoxy groups -OCH3 is 4. The van der Waals surface area contributed by atoms with Gasteiger partial charge in [-0.2, -0.15) is 0 Å². The standard InChI is InChI=1S/C26H32N2O7/c1-15-12-17(32-4)8-9-18(15)23(29)21-22(28(11-10-27(2)3)26(31)24(21)30)16-13-19(33-5)25(35-7)20(14-16)34-6/h8-9,12-14,22,29H,10-11H2,1-7H3/p+1. The van der Waals surface area contributed by atoms with Gasteiger partial charge in [0.05, 0.1) is 67.2 Å². The van der Waals surface area contributed by atoms with Crippen LogP contribution in [-0.2, 0) is 9.59 Å². The van der Waals surface area contributed by atoms with E-state index < -0.39 is 17.7 Å². The molecule has 1 atom stereocenters. The number of hydrogen-bond acceptors (Lipinski definition) is 7. The van der Waals surface area contributed by atoms with Crippen molar-refractivity contribution in [2.75, 3.05) is 55.6 Å². The van der Waals surface area contributed by atoms with E-state index in [1.54, 1.807) is 44.4 Å². The first-order chi connectivity index (χ1) is 16.7. The number of aryl methyl sites for hydroxylation is 1. The van der Waals surface area contributed by atoms with Crippen LogP contribution in [0.4, 0.5) is 0 Å². The van der Waals surface area contributed by atoms with Crippen LogP contribution in [0.1, 0.15) is 22.7 Å². The molecule has 0 spiro atoms. The van der Waals surface area contributed by atoms with E-state index >= 15 is 0 Å². The second-order valence-electron chi connectivity index (χ2n) is 8.59. The molecule has 3 rings (SSSR count). The van der Waals surface area contributed by atoms with Crippen LogP contribution in [0.25, 0.3) is 5.76 Å². The normalized spacial score (nSPS) is 17.1. The summed E-state index contributed by atoms with van der Waals surface area (Å²) in [5.41, 5.74) is 1.71. The molecule has 0 aromatic heterocycles. The van der Waals surface area contributed by atoms with Crippen molar-refractivity contribution in [3.63, 3.8) is 0 Å². The number of nitrogens with one attached hydrogen (secondary N) is 1. The molecule has 2 aromatic carbocycles. The number of amides is 1. The predicted octanol–water partition coefficient (Wildman–Crippen LogP) is 1.60. The molecule has 1 aliphatic rings. The molecule has 188 valence electrons. The van der Waals surface area contributed by atoms with Gasteiger partial charge in [0.15, 0.2) is 11.5 Å². The van der Waals surface area contributed by atoms with Gasteiger partial charge in [-0.1, -0.05) is 0 Å². The summed E-state index contributed by atoms with van der Waals surface area (Å²) in [6.07, 6.45) is 0. The SMILES string of the molecule is COc1ccc(C(O)=C2C(=O)C(=O)N(CC[NH+](C)C)C2c2cc(OC)c(OC)c(OC)c2)c(C)c1. The van der Waals surface area contributed by atoms with Crippen LogP contribution in [-0.4, -0.2) is 77.3 Å². The topological polar surface area (TPSA) is 99.0 Å². The van der Waals surface area contributed by atoms with E-state index in [4.69, 9.17) is 18.9 Å². The van der Waals surface area contributed by atoms with Gasteiger partial charge in [0.2, 0.25) is 5.75 Å². The van der Waals surface area contributed by atoms with Crippen molar-refractivity contribution in [3.8, 4) is 23.0 Å². The van der Waals surface area contributed by atoms with Gasteiger partial charge in [-0.15, -0.1) is 0 Å². The van der Waals surface area contributed by atoms with Crippen molar-refractivity contribution in [1.82, 2.24) is 4.90 Å². The zero-order valence-corrected chi connectivity index (χ0v) is 21.2. The van der Waals surface area contributed by atoms with Gasteiger partial charge < -0.3 is 33.9 Å². The maximum atomic E-state index is 13.3. The number of ketones is 1. The van der Waals surface area contributed by atoms with Gasteiger partial charge in [0, 0.05) is 5.56 Å². The zero-order chi connectivity index (χ0) is 25.9. The van der Waals surface area contributed by atoms with Gasteiger partial charge in [-0.05, 0) is 48.4 Å². The Bertz CT molecular complexity index is 1130. The highest BCUT2D eigenvalue weighted by Crippen LogP contribution is 2.45. The molecule has 2 N–H and O–H groups in total. The maximum absolute atomic E-state index is 13.3. The lowest BCUT2D eigenvalue weighted by atomic mass is 9.93. The molecule has 1 fully saturated rings. The minimum absolute atomic E-state index is 0.00583. The molecule has 9 heteroatoms. The number of ether oxygens (including phenoxy) is 4. The largest absolute Gasteiger partial charge is 0.507 e. The molecule has 1 amide bonds. The molecule has 1 heterocycles. The third kappa shape index (κ3) is 4.90. The lowest BCUT2D eigenvalue weighted by Gasteiger charge is -2.27. The van der Waals surface area contributed by atoms with Crippen LogP contribution >= 0.6 is 0 Å². The summed E-state index contributed by atoms with van der Waals surface area (Å²) in [7, 11) is 9.97. The number of likely N-dealkylation sites (N-methyl/N-ethyl adjacent to an activating group) is 1. The van der Waals surface area contributed by atoms with Gasteiger partial charge in [-0.25, -0.2) is 0 Å². The minimum Gasteiger partial charge on any atom is -0.507 e. The van der Waals surface area contributed by atoms with Crippen molar-refractivity contribution >= 4 is 17.4 Å². The van der Waals surface area contributed by atoms with Gasteiger partial charge >= 0.3 is 0 Å². The Balaban J connectivity index is 2.27. The number of carbonyl (C=O) groups excluding carboxylic acids is 2. The molecule has 0 bridgehead atoms. The van der Waals surface area contributed by atoms with Crippen molar-refractivity contribution in [2.24, 2.45) is 0 Å². The average molecular weight is 486 g/mol. The van der Waals surface area contributed by atoms with E-state index in [9.17, 15) is 14.7 Å². The first-order valence-electron chi connectivity index (χ1n) is 11.2. The molecule has 0 radical (unpaired) electrons. The number of aliphatic hydroxyl groups excluding tert-OH is 1. The third-order valence-corrected chi connectivity index (χ3v) is 6.08. The summed E-state index contributed by atoms with van der Waals surface area (Å²) in [6, 6.07) is 7.68. The number of carbonyl (C=O) groups is 2. The number of likely N-dealkylation sites (tertiary alicyclic amines) is 1. The van der Waals surface area contributed by atoms with Gasteiger partial charge in [0.1, 0.15) is 11.5 Å².